The van der Waals surface area contributed by atoms with Gasteiger partial charge in [0.1, 0.15) is 0 Å². The Morgan fingerprint density at radius 1 is 0.870 bits per heavy atom. The van der Waals surface area contributed by atoms with Crippen LogP contribution in [-0.4, -0.2) is 31.8 Å². The van der Waals surface area contributed by atoms with Crippen molar-refractivity contribution in [2.75, 3.05) is 37.8 Å². The summed E-state index contributed by atoms with van der Waals surface area (Å²) in [6, 6.07) is 10.9. The highest BCUT2D eigenvalue weighted by Crippen LogP contribution is 2.34. The van der Waals surface area contributed by atoms with Gasteiger partial charge in [0, 0.05) is 30.1 Å². The van der Waals surface area contributed by atoms with Gasteiger partial charge >= 0.3 is 0 Å². The van der Waals surface area contributed by atoms with Crippen molar-refractivity contribution >= 4 is 11.4 Å². The Bertz CT molecular complexity index is 678. The zero-order chi connectivity index (χ0) is 16.1. The molecule has 2 heterocycles. The summed E-state index contributed by atoms with van der Waals surface area (Å²) in [5.74, 6) is 3.03. The van der Waals surface area contributed by atoms with Gasteiger partial charge in [-0.15, -0.1) is 0 Å². The predicted octanol–water partition coefficient (Wildman–Crippen LogP) is 1.82. The first-order chi connectivity index (χ1) is 11.3. The maximum absolute atomic E-state index is 8.60. The van der Waals surface area contributed by atoms with E-state index in [1.54, 1.807) is 18.2 Å². The number of nitrogens with two attached hydrogens (primary N) is 1. The van der Waals surface area contributed by atoms with E-state index in [4.69, 9.17) is 29.8 Å². The quantitative estimate of drug-likeness (QED) is 0.743. The third-order valence-electron chi connectivity index (χ3n) is 3.21. The first-order valence-electron chi connectivity index (χ1n) is 7.16. The van der Waals surface area contributed by atoms with Crippen molar-refractivity contribution in [3.63, 3.8) is 0 Å². The van der Waals surface area contributed by atoms with Crippen LogP contribution in [0.3, 0.4) is 0 Å². The molecule has 0 amide bonds. The average molecular weight is 318 g/mol. The number of nitrogen functional groups attached to an aromatic ring is 1. The van der Waals surface area contributed by atoms with Gasteiger partial charge in [-0.1, -0.05) is 0 Å². The summed E-state index contributed by atoms with van der Waals surface area (Å²) in [6.45, 7) is 1.26. The Morgan fingerprint density at radius 3 is 2.17 bits per heavy atom. The fourth-order valence-corrected chi connectivity index (χ4v) is 2.12. The highest BCUT2D eigenvalue weighted by atomic mass is 16.7. The summed E-state index contributed by atoms with van der Waals surface area (Å²) < 4.78 is 20.5. The van der Waals surface area contributed by atoms with Gasteiger partial charge in [0.2, 0.25) is 13.6 Å². The summed E-state index contributed by atoms with van der Waals surface area (Å²) in [5, 5.41) is 11.6. The minimum atomic E-state index is 0.119. The van der Waals surface area contributed by atoms with E-state index >= 15 is 0 Å². The lowest BCUT2D eigenvalue weighted by Gasteiger charge is -2.04. The smallest absolute Gasteiger partial charge is 0.231 e. The highest BCUT2D eigenvalue weighted by molar-refractivity contribution is 5.55. The standard InChI is InChI=1S/C9H11NO3.C7H7NO2/c11-4-3-10-7-1-2-8-9(5-7)13-6-12-8;8-5-1-2-6-7(3-5)10-4-9-6/h1-2,5,10-11H,3-4,6H2;1-3H,4,8H2. The largest absolute Gasteiger partial charge is 0.454 e. The lowest BCUT2D eigenvalue weighted by Crippen LogP contribution is -2.04. The van der Waals surface area contributed by atoms with Crippen molar-refractivity contribution in [1.29, 1.82) is 0 Å². The Morgan fingerprint density at radius 2 is 1.48 bits per heavy atom. The summed E-state index contributed by atoms with van der Waals surface area (Å²) in [4.78, 5) is 0. The first kappa shape index (κ1) is 15.1. The van der Waals surface area contributed by atoms with Gasteiger partial charge in [-0.25, -0.2) is 0 Å². The molecule has 0 spiro atoms. The Kier molecular flexibility index (Phi) is 4.58. The topological polar surface area (TPSA) is 95.2 Å². The molecule has 0 saturated carbocycles. The van der Waals surface area contributed by atoms with Gasteiger partial charge in [0.05, 0.1) is 6.61 Å². The molecule has 7 heteroatoms. The second-order valence-corrected chi connectivity index (χ2v) is 4.83. The number of hydrogen-bond donors (Lipinski definition) is 3. The molecule has 7 nitrogen and oxygen atoms in total. The molecule has 0 aliphatic carbocycles. The molecule has 0 saturated heterocycles. The fourth-order valence-electron chi connectivity index (χ4n) is 2.12. The van der Waals surface area contributed by atoms with E-state index < -0.39 is 0 Å². The van der Waals surface area contributed by atoms with Crippen LogP contribution in [0, 0.1) is 0 Å². The van der Waals surface area contributed by atoms with Gasteiger partial charge in [-0.2, -0.15) is 0 Å². The lowest BCUT2D eigenvalue weighted by molar-refractivity contribution is 0.173. The van der Waals surface area contributed by atoms with Crippen LogP contribution in [-0.2, 0) is 0 Å². The van der Waals surface area contributed by atoms with Crippen LogP contribution in [0.4, 0.5) is 11.4 Å². The van der Waals surface area contributed by atoms with Crippen LogP contribution in [0.5, 0.6) is 23.0 Å². The Labute approximate surface area is 133 Å². The number of hydrogen-bond acceptors (Lipinski definition) is 7. The Balaban J connectivity index is 0.000000140. The molecule has 2 aliphatic rings. The Hall–Kier alpha value is -2.80. The van der Waals surface area contributed by atoms with Gasteiger partial charge in [0.15, 0.2) is 23.0 Å². The van der Waals surface area contributed by atoms with Crippen LogP contribution < -0.4 is 30.0 Å². The van der Waals surface area contributed by atoms with Crippen LogP contribution in [0.2, 0.25) is 0 Å². The van der Waals surface area contributed by atoms with E-state index in [1.165, 1.54) is 0 Å². The molecule has 0 bridgehead atoms. The molecule has 23 heavy (non-hydrogen) atoms. The van der Waals surface area contributed by atoms with E-state index in [0.29, 0.717) is 25.8 Å². The average Bonchev–Trinajstić information content (AvgIpc) is 3.21. The third kappa shape index (κ3) is 3.70. The second kappa shape index (κ2) is 6.97. The van der Waals surface area contributed by atoms with Gasteiger partial charge in [-0.3, -0.25) is 0 Å². The van der Waals surface area contributed by atoms with E-state index in [1.807, 2.05) is 18.2 Å². The minimum absolute atomic E-state index is 0.119. The summed E-state index contributed by atoms with van der Waals surface area (Å²) in [5.41, 5.74) is 7.12. The number of aliphatic hydroxyl groups is 1. The van der Waals surface area contributed by atoms with Crippen LogP contribution in [0.15, 0.2) is 36.4 Å². The van der Waals surface area contributed by atoms with E-state index in [0.717, 1.165) is 28.7 Å². The highest BCUT2D eigenvalue weighted by Gasteiger charge is 2.13. The van der Waals surface area contributed by atoms with Gasteiger partial charge < -0.3 is 35.1 Å². The molecule has 2 aromatic carbocycles. The molecule has 4 N–H and O–H groups in total. The maximum atomic E-state index is 8.60. The second-order valence-electron chi connectivity index (χ2n) is 4.83. The lowest BCUT2D eigenvalue weighted by atomic mass is 10.3. The van der Waals surface area contributed by atoms with Crippen molar-refractivity contribution in [3.05, 3.63) is 36.4 Å². The zero-order valence-electron chi connectivity index (χ0n) is 12.5. The van der Waals surface area contributed by atoms with Gasteiger partial charge in [0.25, 0.3) is 0 Å². The molecule has 0 aromatic heterocycles. The van der Waals surface area contributed by atoms with Crippen LogP contribution in [0.25, 0.3) is 0 Å². The molecule has 0 atom stereocenters. The van der Waals surface area contributed by atoms with Crippen molar-refractivity contribution in [3.8, 4) is 23.0 Å². The number of anilines is 2. The molecule has 122 valence electrons. The number of aliphatic hydroxyl groups excluding tert-OH is 1. The number of fused-ring (bicyclic) bond motifs is 2. The summed E-state index contributed by atoms with van der Waals surface area (Å²) in [7, 11) is 0. The summed E-state index contributed by atoms with van der Waals surface area (Å²) in [6.07, 6.45) is 0. The first-order valence-corrected chi connectivity index (χ1v) is 7.16. The SMILES string of the molecule is Nc1ccc2c(c1)OCO2.OCCNc1ccc2c(c1)OCO2. The van der Waals surface area contributed by atoms with Crippen LogP contribution >= 0.6 is 0 Å². The van der Waals surface area contributed by atoms with Crippen molar-refractivity contribution in [2.45, 2.75) is 0 Å². The third-order valence-corrected chi connectivity index (χ3v) is 3.21. The van der Waals surface area contributed by atoms with E-state index in [9.17, 15) is 0 Å². The number of rotatable bonds is 3. The molecular weight excluding hydrogens is 300 g/mol. The molecule has 2 aromatic rings. The van der Waals surface area contributed by atoms with Crippen molar-refractivity contribution in [1.82, 2.24) is 0 Å². The number of nitrogens with one attached hydrogen (secondary N) is 1. The van der Waals surface area contributed by atoms with Gasteiger partial charge in [-0.05, 0) is 24.3 Å². The fraction of sp³-hybridized carbons (Fsp3) is 0.250. The predicted molar refractivity (Wildman–Crippen MR) is 85.1 cm³/mol. The minimum Gasteiger partial charge on any atom is -0.454 e. The van der Waals surface area contributed by atoms with E-state index in [2.05, 4.69) is 5.32 Å². The maximum Gasteiger partial charge on any atom is 0.231 e. The molecule has 0 unspecified atom stereocenters. The zero-order valence-corrected chi connectivity index (χ0v) is 12.5. The normalized spacial score (nSPS) is 13.3. The van der Waals surface area contributed by atoms with Crippen molar-refractivity contribution < 1.29 is 24.1 Å². The summed E-state index contributed by atoms with van der Waals surface area (Å²) >= 11 is 0. The molecule has 0 fully saturated rings. The number of benzene rings is 2. The molecule has 2 aliphatic heterocycles. The molecule has 4 rings (SSSR count). The molecule has 0 radical (unpaired) electrons. The monoisotopic (exact) mass is 318 g/mol. The van der Waals surface area contributed by atoms with Crippen molar-refractivity contribution in [2.24, 2.45) is 0 Å². The van der Waals surface area contributed by atoms with Crippen LogP contribution in [0.1, 0.15) is 0 Å². The number of ether oxygens (including phenoxy) is 4. The van der Waals surface area contributed by atoms with E-state index in [-0.39, 0.29) is 6.61 Å². The molecular formula is C16H18N2O5.